The maximum atomic E-state index is 11.8. The van der Waals surface area contributed by atoms with Crippen molar-refractivity contribution in [3.63, 3.8) is 0 Å². The van der Waals surface area contributed by atoms with E-state index in [1.165, 1.54) is 0 Å². The monoisotopic (exact) mass is 417 g/mol. The molecule has 22 heavy (non-hydrogen) atoms. The Hall–Kier alpha value is 0.940. The molecule has 0 radical (unpaired) electrons. The summed E-state index contributed by atoms with van der Waals surface area (Å²) < 4.78 is 21.6. The first-order valence-corrected chi connectivity index (χ1v) is 8.96. The van der Waals surface area contributed by atoms with Crippen LogP contribution in [0.25, 0.3) is 0 Å². The normalized spacial score (nSPS) is 42.4. The van der Waals surface area contributed by atoms with Crippen molar-refractivity contribution in [2.24, 2.45) is 0 Å². The molecule has 2 aliphatic heterocycles. The predicted molar refractivity (Wildman–Crippen MR) is 80.0 cm³/mol. The maximum absolute atomic E-state index is 11.8. The third-order valence-corrected chi connectivity index (χ3v) is 5.72. The number of hydrogen-bond donors (Lipinski definition) is 4. The lowest BCUT2D eigenvalue weighted by Gasteiger charge is -2.34. The summed E-state index contributed by atoms with van der Waals surface area (Å²) in [6.07, 6.45) is -2.68. The highest BCUT2D eigenvalue weighted by Crippen LogP contribution is 2.32. The van der Waals surface area contributed by atoms with Crippen LogP contribution in [-0.4, -0.2) is 67.6 Å². The zero-order chi connectivity index (χ0) is 16.4. The van der Waals surface area contributed by atoms with Gasteiger partial charge in [-0.1, -0.05) is 0 Å². The minimum absolute atomic E-state index is 0.193. The van der Waals surface area contributed by atoms with Crippen LogP contribution in [-0.2, 0) is 13.8 Å². The highest BCUT2D eigenvalue weighted by molar-refractivity contribution is 7.33. The van der Waals surface area contributed by atoms with E-state index >= 15 is 0 Å². The molecule has 2 fully saturated rings. The minimum atomic E-state index is -2.79. The predicted octanol–water partition coefficient (Wildman–Crippen LogP) is 0.214. The van der Waals surface area contributed by atoms with Crippen LogP contribution >= 0.6 is 54.7 Å². The summed E-state index contributed by atoms with van der Waals surface area (Å²) in [7, 11) is -2.79. The SMILES string of the molecule is O=[P+](ON1NCC(Cl)C(Cl)C1O)ON1NCC(Cl)C(Cl)C1O. The summed E-state index contributed by atoms with van der Waals surface area (Å²) >= 11 is 23.4. The van der Waals surface area contributed by atoms with Gasteiger partial charge in [0, 0.05) is 26.9 Å². The summed E-state index contributed by atoms with van der Waals surface area (Å²) in [5.41, 5.74) is 5.15. The van der Waals surface area contributed by atoms with E-state index in [0.29, 0.717) is 0 Å². The van der Waals surface area contributed by atoms with E-state index in [1.807, 2.05) is 0 Å². The molecule has 128 valence electrons. The number of rotatable bonds is 4. The lowest BCUT2D eigenvalue weighted by molar-refractivity contribution is -0.254. The molecule has 6 unspecified atom stereocenters. The molecular formula is C8H14Cl4N4O5P+. The lowest BCUT2D eigenvalue weighted by Crippen LogP contribution is -2.60. The van der Waals surface area contributed by atoms with Gasteiger partial charge in [0.1, 0.15) is 0 Å². The summed E-state index contributed by atoms with van der Waals surface area (Å²) in [6.45, 7) is 0.385. The molecule has 0 aromatic carbocycles. The van der Waals surface area contributed by atoms with Gasteiger partial charge < -0.3 is 10.2 Å². The van der Waals surface area contributed by atoms with E-state index in [-0.39, 0.29) is 13.1 Å². The Kier molecular flexibility index (Phi) is 7.31. The van der Waals surface area contributed by atoms with Crippen molar-refractivity contribution < 1.29 is 24.0 Å². The Morgan fingerprint density at radius 3 is 1.64 bits per heavy atom. The van der Waals surface area contributed by atoms with Gasteiger partial charge in [-0.2, -0.15) is 0 Å². The van der Waals surface area contributed by atoms with Gasteiger partial charge in [0.15, 0.2) is 12.5 Å². The molecule has 0 amide bonds. The largest absolute Gasteiger partial charge is 0.738 e. The van der Waals surface area contributed by atoms with Crippen molar-refractivity contribution in [1.29, 1.82) is 0 Å². The lowest BCUT2D eigenvalue weighted by atomic mass is 10.2. The van der Waals surface area contributed by atoms with Crippen molar-refractivity contribution in [2.45, 2.75) is 34.0 Å². The molecule has 6 atom stereocenters. The maximum Gasteiger partial charge on any atom is 0.738 e. The molecule has 0 aliphatic carbocycles. The Morgan fingerprint density at radius 2 is 1.27 bits per heavy atom. The number of alkyl halides is 4. The fourth-order valence-electron chi connectivity index (χ4n) is 1.71. The number of hydroxylamine groups is 2. The molecular weight excluding hydrogens is 405 g/mol. The zero-order valence-corrected chi connectivity index (χ0v) is 14.8. The van der Waals surface area contributed by atoms with Crippen molar-refractivity contribution in [3.8, 4) is 0 Å². The smallest absolute Gasteiger partial charge is 0.373 e. The molecule has 0 aromatic heterocycles. The van der Waals surface area contributed by atoms with Crippen molar-refractivity contribution in [1.82, 2.24) is 21.2 Å². The fraction of sp³-hybridized carbons (Fsp3) is 1.00. The van der Waals surface area contributed by atoms with E-state index in [4.69, 9.17) is 55.7 Å². The van der Waals surface area contributed by atoms with Crippen molar-refractivity contribution in [3.05, 3.63) is 0 Å². The van der Waals surface area contributed by atoms with E-state index in [1.54, 1.807) is 0 Å². The summed E-state index contributed by atoms with van der Waals surface area (Å²) in [5.74, 6) is 0. The summed E-state index contributed by atoms with van der Waals surface area (Å²) in [4.78, 5) is 0. The fourth-order valence-corrected chi connectivity index (χ4v) is 3.12. The number of halogens is 4. The van der Waals surface area contributed by atoms with Crippen LogP contribution in [0.2, 0.25) is 0 Å². The van der Waals surface area contributed by atoms with Crippen LogP contribution in [0.4, 0.5) is 0 Å². The Labute approximate surface area is 147 Å². The Bertz CT molecular complexity index is 381. The Balaban J connectivity index is 1.85. The van der Waals surface area contributed by atoms with Gasteiger partial charge in [0.25, 0.3) is 0 Å². The van der Waals surface area contributed by atoms with E-state index in [2.05, 4.69) is 10.9 Å². The van der Waals surface area contributed by atoms with Crippen molar-refractivity contribution in [2.75, 3.05) is 13.1 Å². The van der Waals surface area contributed by atoms with E-state index in [9.17, 15) is 14.8 Å². The second-order valence-electron chi connectivity index (χ2n) is 4.51. The third-order valence-electron chi connectivity index (χ3n) is 2.93. The molecule has 0 bridgehead atoms. The molecule has 2 heterocycles. The average Bonchev–Trinajstić information content (AvgIpc) is 2.48. The number of aliphatic hydroxyl groups excluding tert-OH is 2. The number of nitrogens with zero attached hydrogens (tertiary/aromatic N) is 2. The standard InChI is InChI=1S/C8H14Cl4N4O5P/c9-3-1-13-15(7(17)5(3)11)20-22(19)21-16-8(18)6(12)4(10)2-14-16/h3-8,13-14,17-18H,1-2H2/q+1. The van der Waals surface area contributed by atoms with Crippen LogP contribution in [0, 0.1) is 0 Å². The first-order chi connectivity index (χ1) is 10.3. The van der Waals surface area contributed by atoms with E-state index < -0.39 is 42.2 Å². The molecule has 0 spiro atoms. The molecule has 4 N–H and O–H groups in total. The number of hydrogen-bond acceptors (Lipinski definition) is 9. The summed E-state index contributed by atoms with van der Waals surface area (Å²) in [5, 5.41) is 18.4. The second kappa shape index (κ2) is 8.35. The third kappa shape index (κ3) is 4.52. The first-order valence-electron chi connectivity index (χ1n) is 6.12. The van der Waals surface area contributed by atoms with Gasteiger partial charge in [-0.3, -0.25) is 0 Å². The van der Waals surface area contributed by atoms with Crippen LogP contribution in [0.3, 0.4) is 0 Å². The second-order valence-corrected chi connectivity index (χ2v) is 7.41. The number of hydrazine groups is 2. The molecule has 14 heteroatoms. The molecule has 0 aromatic rings. The van der Waals surface area contributed by atoms with Gasteiger partial charge in [0.2, 0.25) is 0 Å². The van der Waals surface area contributed by atoms with Crippen molar-refractivity contribution >= 4 is 54.7 Å². The molecule has 2 saturated heterocycles. The summed E-state index contributed by atoms with van der Waals surface area (Å²) in [6, 6.07) is 0. The van der Waals surface area contributed by atoms with Crippen LogP contribution in [0.15, 0.2) is 0 Å². The van der Waals surface area contributed by atoms with Gasteiger partial charge in [-0.05, 0) is 10.3 Å². The first kappa shape index (κ1) is 19.3. The Morgan fingerprint density at radius 1 is 0.909 bits per heavy atom. The highest BCUT2D eigenvalue weighted by Gasteiger charge is 2.45. The van der Waals surface area contributed by atoms with Gasteiger partial charge in [-0.25, -0.2) is 10.9 Å². The molecule has 9 nitrogen and oxygen atoms in total. The average molecular weight is 419 g/mol. The molecule has 0 saturated carbocycles. The van der Waals surface area contributed by atoms with Crippen LogP contribution < -0.4 is 10.9 Å². The quantitative estimate of drug-likeness (QED) is 0.376. The number of nitrogens with one attached hydrogen (secondary N) is 2. The zero-order valence-electron chi connectivity index (χ0n) is 10.9. The van der Waals surface area contributed by atoms with Gasteiger partial charge in [-0.15, -0.1) is 46.4 Å². The van der Waals surface area contributed by atoms with Crippen LogP contribution in [0.5, 0.6) is 0 Å². The van der Waals surface area contributed by atoms with Gasteiger partial charge in [0.05, 0.1) is 21.5 Å². The minimum Gasteiger partial charge on any atom is -0.373 e. The topological polar surface area (TPSA) is 107 Å². The highest BCUT2D eigenvalue weighted by atomic mass is 35.5. The molecule has 2 aliphatic rings. The van der Waals surface area contributed by atoms with Crippen LogP contribution in [0.1, 0.15) is 0 Å². The molecule has 2 rings (SSSR count). The van der Waals surface area contributed by atoms with E-state index in [0.717, 1.165) is 10.3 Å². The van der Waals surface area contributed by atoms with Gasteiger partial charge >= 0.3 is 8.25 Å². The number of aliphatic hydroxyl groups is 2.